The van der Waals surface area contributed by atoms with Crippen molar-refractivity contribution in [1.82, 2.24) is 4.90 Å². The summed E-state index contributed by atoms with van der Waals surface area (Å²) in [5, 5.41) is 9.10. The van der Waals surface area contributed by atoms with Gasteiger partial charge in [0, 0.05) is 6.54 Å². The molecule has 0 aliphatic rings. The summed E-state index contributed by atoms with van der Waals surface area (Å²) in [5.74, 6) is 0.0507. The molecule has 0 fully saturated rings. The summed E-state index contributed by atoms with van der Waals surface area (Å²) in [4.78, 5) is 12.9. The van der Waals surface area contributed by atoms with Gasteiger partial charge in [-0.3, -0.25) is 9.69 Å². The number of nitrogens with zero attached hydrogens (tertiary/aromatic N) is 1. The molecule has 0 spiro atoms. The molecule has 1 N–H and O–H groups in total. The molecule has 1 rings (SSSR count). The highest BCUT2D eigenvalue weighted by molar-refractivity contribution is 5.77. The number of likely N-dealkylation sites (N-methyl/N-ethyl adjacent to an activating group) is 1. The third-order valence-corrected chi connectivity index (χ3v) is 3.37. The number of ether oxygens (including phenoxy) is 1. The fourth-order valence-corrected chi connectivity index (χ4v) is 1.64. The Morgan fingerprint density at radius 1 is 1.42 bits per heavy atom. The normalized spacial score (nSPS) is 11.6. The minimum atomic E-state index is -0.844. The molecule has 19 heavy (non-hydrogen) atoms. The second kappa shape index (κ2) is 6.57. The van der Waals surface area contributed by atoms with Gasteiger partial charge in [-0.1, -0.05) is 12.1 Å². The van der Waals surface area contributed by atoms with Crippen molar-refractivity contribution >= 4 is 5.97 Å². The Morgan fingerprint density at radius 2 is 2.11 bits per heavy atom. The molecule has 0 saturated heterocycles. The molecule has 0 atom stereocenters. The van der Waals surface area contributed by atoms with Crippen molar-refractivity contribution in [2.45, 2.75) is 32.7 Å². The lowest BCUT2D eigenvalue weighted by molar-refractivity contribution is -0.148. The topological polar surface area (TPSA) is 49.8 Å². The summed E-state index contributed by atoms with van der Waals surface area (Å²) in [5.41, 5.74) is 0.324. The number of hydrogen-bond donors (Lipinski definition) is 1. The number of aliphatic carboxylic acids is 1. The van der Waals surface area contributed by atoms with E-state index in [0.717, 1.165) is 12.2 Å². The summed E-state index contributed by atoms with van der Waals surface area (Å²) in [6, 6.07) is 7.91. The first kappa shape index (κ1) is 15.5. The predicted molar refractivity (Wildman–Crippen MR) is 75.6 cm³/mol. The van der Waals surface area contributed by atoms with Crippen LogP contribution in [0.15, 0.2) is 24.3 Å². The van der Waals surface area contributed by atoms with E-state index in [2.05, 4.69) is 0 Å². The maximum absolute atomic E-state index is 11.1. The maximum Gasteiger partial charge on any atom is 0.323 e. The molecule has 0 aliphatic heterocycles. The molecule has 0 bridgehead atoms. The lowest BCUT2D eigenvalue weighted by atomic mass is 10.0. The first-order valence-corrected chi connectivity index (χ1v) is 6.48. The van der Waals surface area contributed by atoms with Gasteiger partial charge in [0.05, 0.1) is 6.61 Å². The SMILES string of the molecule is Cc1cccc(OCCCN(C)C(C)(C)C(=O)O)c1. The lowest BCUT2D eigenvalue weighted by Crippen LogP contribution is -2.48. The van der Waals surface area contributed by atoms with Gasteiger partial charge in [-0.2, -0.15) is 0 Å². The van der Waals surface area contributed by atoms with Crippen molar-refractivity contribution in [1.29, 1.82) is 0 Å². The Hall–Kier alpha value is -1.55. The van der Waals surface area contributed by atoms with E-state index < -0.39 is 11.5 Å². The van der Waals surface area contributed by atoms with Crippen LogP contribution in [-0.4, -0.2) is 41.7 Å². The van der Waals surface area contributed by atoms with Crippen LogP contribution in [0.3, 0.4) is 0 Å². The maximum atomic E-state index is 11.1. The molecule has 0 saturated carbocycles. The van der Waals surface area contributed by atoms with Gasteiger partial charge in [-0.25, -0.2) is 0 Å². The number of carboxylic acid groups (broad SMARTS) is 1. The van der Waals surface area contributed by atoms with E-state index in [4.69, 9.17) is 9.84 Å². The quantitative estimate of drug-likeness (QED) is 0.770. The molecule has 0 aliphatic carbocycles. The average molecular weight is 265 g/mol. The minimum Gasteiger partial charge on any atom is -0.494 e. The number of rotatable bonds is 7. The molecule has 106 valence electrons. The van der Waals surface area contributed by atoms with Crippen LogP contribution in [0, 0.1) is 6.92 Å². The van der Waals surface area contributed by atoms with E-state index in [9.17, 15) is 4.79 Å². The van der Waals surface area contributed by atoms with Gasteiger partial charge in [0.15, 0.2) is 0 Å². The van der Waals surface area contributed by atoms with E-state index in [1.165, 1.54) is 5.56 Å². The van der Waals surface area contributed by atoms with Crippen LogP contribution in [0.1, 0.15) is 25.8 Å². The molecule has 1 aromatic carbocycles. The van der Waals surface area contributed by atoms with Crippen molar-refractivity contribution in [2.75, 3.05) is 20.2 Å². The second-order valence-electron chi connectivity index (χ2n) is 5.30. The second-order valence-corrected chi connectivity index (χ2v) is 5.30. The Balaban J connectivity index is 2.33. The number of carbonyl (C=O) groups is 1. The highest BCUT2D eigenvalue weighted by Gasteiger charge is 2.31. The molecule has 0 unspecified atom stereocenters. The standard InChI is InChI=1S/C15H23NO3/c1-12-7-5-8-13(11-12)19-10-6-9-16(4)15(2,3)14(17)18/h5,7-8,11H,6,9-10H2,1-4H3,(H,17,18). The Kier molecular flexibility index (Phi) is 5.36. The Morgan fingerprint density at radius 3 is 2.68 bits per heavy atom. The fourth-order valence-electron chi connectivity index (χ4n) is 1.64. The van der Waals surface area contributed by atoms with E-state index in [-0.39, 0.29) is 0 Å². The van der Waals surface area contributed by atoms with Gasteiger partial charge in [-0.05, 0) is 51.9 Å². The zero-order valence-electron chi connectivity index (χ0n) is 12.1. The third kappa shape index (κ3) is 4.56. The summed E-state index contributed by atoms with van der Waals surface area (Å²) >= 11 is 0. The van der Waals surface area contributed by atoms with Crippen LogP contribution in [0.5, 0.6) is 5.75 Å². The smallest absolute Gasteiger partial charge is 0.323 e. The summed E-state index contributed by atoms with van der Waals surface area (Å²) in [6.07, 6.45) is 0.793. The first-order valence-electron chi connectivity index (χ1n) is 6.48. The van der Waals surface area contributed by atoms with Gasteiger partial charge in [0.2, 0.25) is 0 Å². The molecular weight excluding hydrogens is 242 g/mol. The average Bonchev–Trinajstić information content (AvgIpc) is 2.34. The van der Waals surface area contributed by atoms with Gasteiger partial charge >= 0.3 is 5.97 Å². The van der Waals surface area contributed by atoms with Gasteiger partial charge < -0.3 is 9.84 Å². The predicted octanol–water partition coefficient (Wildman–Crippen LogP) is 2.56. The molecule has 0 heterocycles. The molecule has 1 aromatic rings. The van der Waals surface area contributed by atoms with E-state index in [1.807, 2.05) is 43.1 Å². The molecular formula is C15H23NO3. The van der Waals surface area contributed by atoms with Crippen LogP contribution >= 0.6 is 0 Å². The Labute approximate surface area is 115 Å². The molecule has 0 aromatic heterocycles. The molecule has 4 heteroatoms. The van der Waals surface area contributed by atoms with Crippen molar-refractivity contribution in [3.05, 3.63) is 29.8 Å². The highest BCUT2D eigenvalue weighted by Crippen LogP contribution is 2.14. The van der Waals surface area contributed by atoms with Crippen LogP contribution in [0.25, 0.3) is 0 Å². The summed E-state index contributed by atoms with van der Waals surface area (Å²) in [6.45, 7) is 6.71. The highest BCUT2D eigenvalue weighted by atomic mass is 16.5. The van der Waals surface area contributed by atoms with E-state index in [1.54, 1.807) is 13.8 Å². The van der Waals surface area contributed by atoms with E-state index in [0.29, 0.717) is 13.2 Å². The lowest BCUT2D eigenvalue weighted by Gasteiger charge is -2.31. The number of hydrogen-bond acceptors (Lipinski definition) is 3. The minimum absolute atomic E-state index is 0.587. The summed E-state index contributed by atoms with van der Waals surface area (Å²) < 4.78 is 5.64. The molecule has 4 nitrogen and oxygen atoms in total. The van der Waals surface area contributed by atoms with Crippen molar-refractivity contribution in [3.8, 4) is 5.75 Å². The van der Waals surface area contributed by atoms with Gasteiger partial charge in [0.1, 0.15) is 11.3 Å². The van der Waals surface area contributed by atoms with Crippen LogP contribution in [0.4, 0.5) is 0 Å². The monoisotopic (exact) mass is 265 g/mol. The number of carboxylic acids is 1. The van der Waals surface area contributed by atoms with Crippen LogP contribution in [0.2, 0.25) is 0 Å². The van der Waals surface area contributed by atoms with Crippen molar-refractivity contribution < 1.29 is 14.6 Å². The Bertz CT molecular complexity index is 429. The van der Waals surface area contributed by atoms with E-state index >= 15 is 0 Å². The third-order valence-electron chi connectivity index (χ3n) is 3.37. The molecule has 0 radical (unpaired) electrons. The van der Waals surface area contributed by atoms with Crippen LogP contribution in [-0.2, 0) is 4.79 Å². The first-order chi connectivity index (χ1) is 8.84. The van der Waals surface area contributed by atoms with Crippen molar-refractivity contribution in [2.24, 2.45) is 0 Å². The zero-order chi connectivity index (χ0) is 14.5. The van der Waals surface area contributed by atoms with Gasteiger partial charge in [-0.15, -0.1) is 0 Å². The summed E-state index contributed by atoms with van der Waals surface area (Å²) in [7, 11) is 1.82. The number of aryl methyl sites for hydroxylation is 1. The fraction of sp³-hybridized carbons (Fsp3) is 0.533. The van der Waals surface area contributed by atoms with Crippen molar-refractivity contribution in [3.63, 3.8) is 0 Å². The number of benzene rings is 1. The zero-order valence-corrected chi connectivity index (χ0v) is 12.1. The largest absolute Gasteiger partial charge is 0.494 e. The van der Waals surface area contributed by atoms with Gasteiger partial charge in [0.25, 0.3) is 0 Å². The molecule has 0 amide bonds. The van der Waals surface area contributed by atoms with Crippen LogP contribution < -0.4 is 4.74 Å².